The summed E-state index contributed by atoms with van der Waals surface area (Å²) in [5, 5.41) is 0. The fourth-order valence-electron chi connectivity index (χ4n) is 1.25. The Morgan fingerprint density at radius 1 is 1.32 bits per heavy atom. The zero-order valence-corrected chi connectivity index (χ0v) is 12.1. The van der Waals surface area contributed by atoms with Crippen molar-refractivity contribution in [2.24, 2.45) is 0 Å². The predicted molar refractivity (Wildman–Crippen MR) is 72.3 cm³/mol. The molecule has 0 spiro atoms. The molecule has 0 aromatic heterocycles. The smallest absolute Gasteiger partial charge is 0.457 e. The molecule has 2 N–H and O–H groups in total. The fraction of sp³-hybridized carbons (Fsp3) is 0.182. The van der Waals surface area contributed by atoms with Crippen LogP contribution in [0.2, 0.25) is 0 Å². The molecule has 1 aromatic rings. The van der Waals surface area contributed by atoms with Crippen LogP contribution < -0.4 is 9.44 Å². The molecular weight excluding hydrogens is 319 g/mol. The molecule has 0 fully saturated rings. The van der Waals surface area contributed by atoms with Gasteiger partial charge in [-0.1, -0.05) is 0 Å². The van der Waals surface area contributed by atoms with Gasteiger partial charge in [-0.05, 0) is 31.2 Å². The molecule has 0 aliphatic carbocycles. The van der Waals surface area contributed by atoms with Crippen molar-refractivity contribution >= 4 is 33.5 Å². The molecule has 1 amide bonds. The molecule has 118 valence electrons. The summed E-state index contributed by atoms with van der Waals surface area (Å²) < 4.78 is 43.8. The summed E-state index contributed by atoms with van der Waals surface area (Å²) in [5.41, 5.74) is 7.42. The number of halogens is 1. The first-order valence-corrected chi connectivity index (χ1v) is 7.27. The van der Waals surface area contributed by atoms with Gasteiger partial charge in [-0.25, -0.2) is 13.9 Å². The van der Waals surface area contributed by atoms with Gasteiger partial charge in [0.25, 0.3) is 0 Å². The number of benzene rings is 1. The van der Waals surface area contributed by atoms with E-state index < -0.39 is 33.6 Å². The van der Waals surface area contributed by atoms with Gasteiger partial charge in [-0.15, -0.1) is 0 Å². The topological polar surface area (TPSA) is 138 Å². The highest BCUT2D eigenvalue weighted by Gasteiger charge is 2.34. The van der Waals surface area contributed by atoms with E-state index in [2.05, 4.69) is 9.53 Å². The van der Waals surface area contributed by atoms with Crippen molar-refractivity contribution in [1.29, 1.82) is 0 Å². The van der Waals surface area contributed by atoms with Crippen molar-refractivity contribution in [3.05, 3.63) is 35.6 Å². The number of carbonyl (C=O) groups is 2. The zero-order valence-electron chi connectivity index (χ0n) is 11.2. The van der Waals surface area contributed by atoms with E-state index in [4.69, 9.17) is 5.53 Å². The Bertz CT molecular complexity index is 725. The summed E-state index contributed by atoms with van der Waals surface area (Å²) in [4.78, 5) is 25.2. The molecule has 0 heterocycles. The number of hydrogen-bond acceptors (Lipinski definition) is 5. The molecule has 1 aromatic carbocycles. The molecule has 0 aliphatic heterocycles. The quantitative estimate of drug-likeness (QED) is 0.245. The molecule has 22 heavy (non-hydrogen) atoms. The van der Waals surface area contributed by atoms with Gasteiger partial charge in [0.15, 0.2) is 0 Å². The van der Waals surface area contributed by atoms with Gasteiger partial charge in [0.05, 0.1) is 12.3 Å². The maximum absolute atomic E-state index is 12.7. The number of nitrogens with zero attached hydrogens (tertiary/aromatic N) is 2. The lowest BCUT2D eigenvalue weighted by Crippen LogP contribution is -2.43. The van der Waals surface area contributed by atoms with Gasteiger partial charge < -0.3 is 10.3 Å². The van der Waals surface area contributed by atoms with Crippen molar-refractivity contribution in [1.82, 2.24) is 4.72 Å². The average Bonchev–Trinajstić information content (AvgIpc) is 2.41. The van der Waals surface area contributed by atoms with Crippen LogP contribution >= 0.6 is 0 Å². The number of hydrogen-bond donors (Lipinski definition) is 2. The molecule has 0 radical (unpaired) electrons. The molecular formula is C11H11FN4O5S. The molecule has 0 bridgehead atoms. The minimum Gasteiger partial charge on any atom is -0.457 e. The molecule has 1 rings (SSSR count). The number of esters is 1. The second kappa shape index (κ2) is 7.29. The Balaban J connectivity index is 2.83. The number of carbonyl (C=O) groups excluding carboxylic acids is 2. The van der Waals surface area contributed by atoms with Gasteiger partial charge in [0.1, 0.15) is 5.82 Å². The van der Waals surface area contributed by atoms with Crippen molar-refractivity contribution in [2.75, 3.05) is 11.3 Å². The third-order valence-electron chi connectivity index (χ3n) is 2.11. The van der Waals surface area contributed by atoms with Crippen LogP contribution in [-0.2, 0) is 24.5 Å². The Morgan fingerprint density at radius 2 is 1.91 bits per heavy atom. The van der Waals surface area contributed by atoms with Crippen LogP contribution in [0.25, 0.3) is 5.53 Å². The molecule has 0 unspecified atom stereocenters. The second-order valence-electron chi connectivity index (χ2n) is 3.71. The predicted octanol–water partition coefficient (Wildman–Crippen LogP) is -0.168. The van der Waals surface area contributed by atoms with Gasteiger partial charge in [0, 0.05) is 0 Å². The lowest BCUT2D eigenvalue weighted by Gasteiger charge is -2.07. The van der Waals surface area contributed by atoms with Gasteiger partial charge >= 0.3 is 27.8 Å². The van der Waals surface area contributed by atoms with Gasteiger partial charge in [0.2, 0.25) is 0 Å². The van der Waals surface area contributed by atoms with Gasteiger partial charge in [-0.3, -0.25) is 9.52 Å². The maximum Gasteiger partial charge on any atom is 0.463 e. The summed E-state index contributed by atoms with van der Waals surface area (Å²) in [6.45, 7) is 1.34. The summed E-state index contributed by atoms with van der Waals surface area (Å²) in [6, 6.07) is 4.23. The normalized spacial score (nSPS) is 10.3. The van der Waals surface area contributed by atoms with Crippen LogP contribution in [0, 0.1) is 5.82 Å². The average molecular weight is 330 g/mol. The van der Waals surface area contributed by atoms with E-state index in [9.17, 15) is 22.4 Å². The number of nitrogens with one attached hydrogen (secondary N) is 2. The summed E-state index contributed by atoms with van der Waals surface area (Å²) >= 11 is 0. The highest BCUT2D eigenvalue weighted by Crippen LogP contribution is 2.09. The van der Waals surface area contributed by atoms with E-state index in [-0.39, 0.29) is 12.3 Å². The molecule has 11 heteroatoms. The fourth-order valence-corrected chi connectivity index (χ4v) is 2.09. The van der Waals surface area contributed by atoms with Crippen molar-refractivity contribution in [3.8, 4) is 0 Å². The summed E-state index contributed by atoms with van der Waals surface area (Å²) in [7, 11) is -4.42. The Kier molecular flexibility index (Phi) is 5.72. The largest absolute Gasteiger partial charge is 0.463 e. The summed E-state index contributed by atoms with van der Waals surface area (Å²) in [5.74, 6) is -3.36. The van der Waals surface area contributed by atoms with E-state index in [1.165, 1.54) is 11.6 Å². The summed E-state index contributed by atoms with van der Waals surface area (Å²) in [6.07, 6.45) is 0. The lowest BCUT2D eigenvalue weighted by atomic mass is 10.3. The molecule has 0 saturated heterocycles. The molecule has 9 nitrogen and oxygen atoms in total. The van der Waals surface area contributed by atoms with Crippen molar-refractivity contribution in [2.45, 2.75) is 6.92 Å². The van der Waals surface area contributed by atoms with E-state index in [0.29, 0.717) is 0 Å². The highest BCUT2D eigenvalue weighted by molar-refractivity contribution is 7.91. The van der Waals surface area contributed by atoms with Crippen LogP contribution in [0.4, 0.5) is 10.1 Å². The van der Waals surface area contributed by atoms with Crippen LogP contribution in [-0.4, -0.2) is 37.4 Å². The first-order chi connectivity index (χ1) is 10.3. The Labute approximate surface area is 124 Å². The SMILES string of the molecule is CCOC(=O)C(=[N+]=[N-])C(=O)NS(=O)(=O)Nc1ccc(F)cc1. The van der Waals surface area contributed by atoms with E-state index >= 15 is 0 Å². The third-order valence-corrected chi connectivity index (χ3v) is 3.07. The minimum absolute atomic E-state index is 0.0275. The Hall–Kier alpha value is -2.78. The molecule has 0 aliphatic rings. The number of ether oxygens (including phenoxy) is 1. The molecule has 0 atom stereocenters. The number of rotatable bonds is 6. The first kappa shape index (κ1) is 17.3. The van der Waals surface area contributed by atoms with Crippen LogP contribution in [0.3, 0.4) is 0 Å². The maximum atomic E-state index is 12.7. The van der Waals surface area contributed by atoms with Crippen molar-refractivity contribution in [3.63, 3.8) is 0 Å². The number of amides is 1. The highest BCUT2D eigenvalue weighted by atomic mass is 32.2. The minimum atomic E-state index is -4.42. The van der Waals surface area contributed by atoms with Crippen LogP contribution in [0.5, 0.6) is 0 Å². The van der Waals surface area contributed by atoms with Crippen molar-refractivity contribution < 1.29 is 31.9 Å². The second-order valence-corrected chi connectivity index (χ2v) is 5.13. The van der Waals surface area contributed by atoms with E-state index in [0.717, 1.165) is 24.3 Å². The van der Waals surface area contributed by atoms with E-state index in [1.807, 2.05) is 4.72 Å². The first-order valence-electron chi connectivity index (χ1n) is 5.78. The molecule has 0 saturated carbocycles. The van der Waals surface area contributed by atoms with Crippen LogP contribution in [0.1, 0.15) is 6.92 Å². The Morgan fingerprint density at radius 3 is 2.41 bits per heavy atom. The monoisotopic (exact) mass is 330 g/mol. The number of anilines is 1. The van der Waals surface area contributed by atoms with Gasteiger partial charge in [-0.2, -0.15) is 13.2 Å². The lowest BCUT2D eigenvalue weighted by molar-refractivity contribution is -0.141. The zero-order chi connectivity index (χ0) is 16.8. The van der Waals surface area contributed by atoms with Crippen LogP contribution in [0.15, 0.2) is 24.3 Å². The third kappa shape index (κ3) is 4.96. The van der Waals surface area contributed by atoms with E-state index in [1.54, 1.807) is 0 Å². The standard InChI is InChI=1S/C11H11FN4O5S/c1-2-21-11(18)9(14-13)10(17)16-22(19,20)15-8-5-3-7(12)4-6-8/h3-6,15H,2H2,1H3,(H,16,17).